The molecular weight excluding hydrogens is 304 g/mol. The molecule has 1 aromatic rings. The number of fused-ring (bicyclic) bond motifs is 4. The molecule has 24 heavy (non-hydrogen) atoms. The van der Waals surface area contributed by atoms with Crippen LogP contribution in [-0.2, 0) is 0 Å². The fourth-order valence-corrected chi connectivity index (χ4v) is 5.22. The summed E-state index contributed by atoms with van der Waals surface area (Å²) in [5, 5.41) is 12.9. The first kappa shape index (κ1) is 14.0. The summed E-state index contributed by atoms with van der Waals surface area (Å²) < 4.78 is 0. The molecule has 0 saturated carbocycles. The quantitative estimate of drug-likeness (QED) is 0.661. The summed E-state index contributed by atoms with van der Waals surface area (Å²) in [5.41, 5.74) is 3.15. The maximum absolute atomic E-state index is 11.9. The number of aromatic carboxylic acids is 1. The van der Waals surface area contributed by atoms with E-state index in [0.717, 1.165) is 42.7 Å². The molecule has 0 radical (unpaired) electrons. The molecule has 0 unspecified atom stereocenters. The summed E-state index contributed by atoms with van der Waals surface area (Å²) in [4.78, 5) is 25.7. The topological polar surface area (TPSA) is 70.0 Å². The van der Waals surface area contributed by atoms with Crippen molar-refractivity contribution < 1.29 is 9.90 Å². The van der Waals surface area contributed by atoms with E-state index in [1.165, 1.54) is 0 Å². The number of anilines is 1. The molecule has 0 amide bonds. The first-order chi connectivity index (χ1) is 11.7. The number of nitroso groups, excluding NO2 is 1. The summed E-state index contributed by atoms with van der Waals surface area (Å²) in [6, 6.07) is 1.73. The van der Waals surface area contributed by atoms with E-state index in [9.17, 15) is 14.8 Å². The van der Waals surface area contributed by atoms with Crippen molar-refractivity contribution in [2.45, 2.75) is 24.7 Å². The summed E-state index contributed by atoms with van der Waals surface area (Å²) in [6.07, 6.45) is 10.7. The van der Waals surface area contributed by atoms with Gasteiger partial charge in [0.05, 0.1) is 5.56 Å². The highest BCUT2D eigenvalue weighted by Gasteiger charge is 2.45. The average molecular weight is 322 g/mol. The Hall–Kier alpha value is -2.43. The van der Waals surface area contributed by atoms with E-state index in [1.807, 2.05) is 0 Å². The van der Waals surface area contributed by atoms with Crippen LogP contribution in [0.5, 0.6) is 0 Å². The van der Waals surface area contributed by atoms with Gasteiger partial charge in [-0.3, -0.25) is 0 Å². The number of hydrogen-bond donors (Lipinski definition) is 1. The highest BCUT2D eigenvalue weighted by atomic mass is 16.4. The van der Waals surface area contributed by atoms with Crippen LogP contribution < -0.4 is 4.90 Å². The molecule has 0 aromatic heterocycles. The van der Waals surface area contributed by atoms with Crippen LogP contribution in [0.1, 0.15) is 46.2 Å². The largest absolute Gasteiger partial charge is 0.478 e. The maximum atomic E-state index is 11.9. The third-order valence-electron chi connectivity index (χ3n) is 6.16. The minimum atomic E-state index is -1.05. The van der Waals surface area contributed by atoms with Crippen molar-refractivity contribution >= 4 is 17.3 Å². The Balaban J connectivity index is 1.85. The Morgan fingerprint density at radius 1 is 1.12 bits per heavy atom. The van der Waals surface area contributed by atoms with E-state index in [1.54, 1.807) is 6.07 Å². The Morgan fingerprint density at radius 2 is 1.79 bits per heavy atom. The van der Waals surface area contributed by atoms with Gasteiger partial charge in [0.2, 0.25) is 0 Å². The normalized spacial score (nSPS) is 31.6. The predicted octanol–water partition coefficient (Wildman–Crippen LogP) is 3.94. The van der Waals surface area contributed by atoms with Crippen LogP contribution in [0.4, 0.5) is 11.4 Å². The van der Waals surface area contributed by atoms with Crippen molar-refractivity contribution in [1.82, 2.24) is 0 Å². The minimum absolute atomic E-state index is 0.0816. The lowest BCUT2D eigenvalue weighted by atomic mass is 9.73. The lowest BCUT2D eigenvalue weighted by Crippen LogP contribution is -2.44. The molecule has 1 N–H and O–H groups in total. The fraction of sp³-hybridized carbons (Fsp3) is 0.421. The fourth-order valence-electron chi connectivity index (χ4n) is 5.22. The van der Waals surface area contributed by atoms with Gasteiger partial charge in [-0.2, -0.15) is 0 Å². The number of benzene rings is 1. The van der Waals surface area contributed by atoms with Crippen molar-refractivity contribution in [3.63, 3.8) is 0 Å². The number of rotatable bonds is 2. The van der Waals surface area contributed by atoms with Crippen molar-refractivity contribution in [3.05, 3.63) is 52.0 Å². The van der Waals surface area contributed by atoms with Crippen molar-refractivity contribution in [1.29, 1.82) is 0 Å². The van der Waals surface area contributed by atoms with Gasteiger partial charge in [0.15, 0.2) is 0 Å². The second kappa shape index (κ2) is 4.79. The van der Waals surface area contributed by atoms with Crippen LogP contribution in [0.25, 0.3) is 0 Å². The average Bonchev–Trinajstić information content (AvgIpc) is 3.22. The zero-order chi connectivity index (χ0) is 16.4. The molecule has 4 aliphatic rings. The molecule has 1 aromatic carbocycles. The highest BCUT2D eigenvalue weighted by Crippen LogP contribution is 2.55. The maximum Gasteiger partial charge on any atom is 0.338 e. The van der Waals surface area contributed by atoms with E-state index >= 15 is 0 Å². The second-order valence-electron chi connectivity index (χ2n) is 7.32. The molecule has 0 spiro atoms. The van der Waals surface area contributed by atoms with Crippen LogP contribution in [0.15, 0.2) is 35.5 Å². The number of nitrogens with zero attached hydrogens (tertiary/aromatic N) is 2. The van der Waals surface area contributed by atoms with Crippen LogP contribution in [0, 0.1) is 16.7 Å². The first-order valence-corrected chi connectivity index (χ1v) is 8.54. The van der Waals surface area contributed by atoms with E-state index in [4.69, 9.17) is 0 Å². The van der Waals surface area contributed by atoms with Crippen LogP contribution >= 0.6 is 0 Å². The number of allylic oxidation sites excluding steroid dienone is 4. The van der Waals surface area contributed by atoms with E-state index in [2.05, 4.69) is 34.4 Å². The first-order valence-electron chi connectivity index (χ1n) is 8.54. The zero-order valence-corrected chi connectivity index (χ0v) is 13.2. The number of carboxylic acids is 1. The third kappa shape index (κ3) is 1.67. The van der Waals surface area contributed by atoms with E-state index < -0.39 is 5.97 Å². The summed E-state index contributed by atoms with van der Waals surface area (Å²) >= 11 is 0. The predicted molar refractivity (Wildman–Crippen MR) is 91.0 cm³/mol. The van der Waals surface area contributed by atoms with Crippen molar-refractivity contribution in [2.75, 3.05) is 18.0 Å². The van der Waals surface area contributed by atoms with Gasteiger partial charge in [0.1, 0.15) is 5.69 Å². The van der Waals surface area contributed by atoms with E-state index in [-0.39, 0.29) is 23.1 Å². The Labute approximate surface area is 139 Å². The number of carbonyl (C=O) groups is 1. The Bertz CT molecular complexity index is 824. The van der Waals surface area contributed by atoms with Crippen LogP contribution in [-0.4, -0.2) is 24.2 Å². The third-order valence-corrected chi connectivity index (χ3v) is 6.16. The van der Waals surface area contributed by atoms with Gasteiger partial charge >= 0.3 is 5.97 Å². The molecule has 2 aliphatic heterocycles. The SMILES string of the molecule is O=Nc1cc2c3c(c1C(=O)O)[C@@H]1C=CC[C@@H]1CN3C[C@@H]1CC=C[C@@H]21. The van der Waals surface area contributed by atoms with Crippen LogP contribution in [0.2, 0.25) is 0 Å². The summed E-state index contributed by atoms with van der Waals surface area (Å²) in [7, 11) is 0. The summed E-state index contributed by atoms with van der Waals surface area (Å²) in [5.74, 6) is 0.236. The molecule has 122 valence electrons. The molecule has 0 bridgehead atoms. The molecule has 2 aliphatic carbocycles. The van der Waals surface area contributed by atoms with Gasteiger partial charge < -0.3 is 10.0 Å². The number of hydrogen-bond acceptors (Lipinski definition) is 4. The van der Waals surface area contributed by atoms with E-state index in [0.29, 0.717) is 11.8 Å². The van der Waals surface area contributed by atoms with Gasteiger partial charge in [-0.05, 0) is 47.0 Å². The molecular formula is C19H18N2O3. The highest BCUT2D eigenvalue weighted by molar-refractivity contribution is 5.99. The summed E-state index contributed by atoms with van der Waals surface area (Å²) in [6.45, 7) is 1.93. The van der Waals surface area contributed by atoms with Gasteiger partial charge in [0, 0.05) is 30.6 Å². The Morgan fingerprint density at radius 3 is 2.46 bits per heavy atom. The Kier molecular flexibility index (Phi) is 2.78. The molecule has 5 nitrogen and oxygen atoms in total. The molecule has 0 fully saturated rings. The molecule has 5 rings (SSSR count). The van der Waals surface area contributed by atoms with Crippen molar-refractivity contribution in [3.8, 4) is 0 Å². The minimum Gasteiger partial charge on any atom is -0.478 e. The lowest BCUT2D eigenvalue weighted by molar-refractivity contribution is 0.0696. The van der Waals surface area contributed by atoms with Gasteiger partial charge in [-0.1, -0.05) is 24.3 Å². The monoisotopic (exact) mass is 322 g/mol. The molecule has 4 atom stereocenters. The molecule has 0 saturated heterocycles. The van der Waals surface area contributed by atoms with Crippen molar-refractivity contribution in [2.24, 2.45) is 17.0 Å². The second-order valence-corrected chi connectivity index (χ2v) is 7.32. The van der Waals surface area contributed by atoms with Gasteiger partial charge in [0.25, 0.3) is 0 Å². The molecule has 5 heteroatoms. The van der Waals surface area contributed by atoms with Crippen LogP contribution in [0.3, 0.4) is 0 Å². The van der Waals surface area contributed by atoms with Gasteiger partial charge in [-0.15, -0.1) is 4.91 Å². The standard InChI is InChI=1S/C19H18N2O3/c22-19(23)17-15(20-24)7-14-12-5-1-3-10(12)8-21-9-11-4-2-6-13(11)16(17)18(14)21/h1-2,5-7,10-13H,3-4,8-9H2,(H,22,23)/t10-,11+,12+,13+/m0/s1. The lowest BCUT2D eigenvalue weighted by Gasteiger charge is -2.46. The van der Waals surface area contributed by atoms with Gasteiger partial charge in [-0.25, -0.2) is 4.79 Å². The molecule has 2 heterocycles. The number of carboxylic acid groups (broad SMARTS) is 1. The smallest absolute Gasteiger partial charge is 0.338 e. The zero-order valence-electron chi connectivity index (χ0n) is 13.2.